The lowest BCUT2D eigenvalue weighted by atomic mass is 10.0. The lowest BCUT2D eigenvalue weighted by molar-refractivity contribution is -0.143. The van der Waals surface area contributed by atoms with Crippen molar-refractivity contribution in [2.75, 3.05) is 0 Å². The molecule has 0 aliphatic heterocycles. The monoisotopic (exact) mass is 449 g/mol. The van der Waals surface area contributed by atoms with E-state index in [1.807, 2.05) is 0 Å². The van der Waals surface area contributed by atoms with Gasteiger partial charge in [0.05, 0.1) is 41.2 Å². The van der Waals surface area contributed by atoms with Gasteiger partial charge in [-0.3, -0.25) is 9.55 Å². The molecule has 0 atom stereocenters. The van der Waals surface area contributed by atoms with Crippen LogP contribution in [0.1, 0.15) is 11.1 Å². The molecule has 0 saturated heterocycles. The summed E-state index contributed by atoms with van der Waals surface area (Å²) >= 11 is 0. The summed E-state index contributed by atoms with van der Waals surface area (Å²) in [6.07, 6.45) is -4.70. The number of aromatic nitrogens is 3. The number of aromatic hydroxyl groups is 1. The van der Waals surface area contributed by atoms with Crippen LogP contribution in [-0.2, 0) is 12.4 Å². The van der Waals surface area contributed by atoms with Gasteiger partial charge in [-0.25, -0.2) is 4.98 Å². The highest BCUT2D eigenvalue weighted by molar-refractivity contribution is 5.78. The van der Waals surface area contributed by atoms with E-state index in [1.165, 1.54) is 29.4 Å². The number of rotatable bonds is 3. The molecule has 32 heavy (non-hydrogen) atoms. The lowest BCUT2D eigenvalue weighted by Crippen LogP contribution is -2.11. The van der Waals surface area contributed by atoms with Crippen LogP contribution in [0.3, 0.4) is 0 Å². The molecular formula is C22H13F6N3O. The van der Waals surface area contributed by atoms with Gasteiger partial charge in [0.1, 0.15) is 5.75 Å². The van der Waals surface area contributed by atoms with E-state index in [1.54, 1.807) is 24.3 Å². The zero-order valence-electron chi connectivity index (χ0n) is 16.0. The minimum absolute atomic E-state index is 0.00808. The molecule has 10 heteroatoms. The van der Waals surface area contributed by atoms with Crippen LogP contribution in [0.5, 0.6) is 5.75 Å². The molecule has 0 aliphatic carbocycles. The van der Waals surface area contributed by atoms with Crippen molar-refractivity contribution in [3.63, 3.8) is 0 Å². The van der Waals surface area contributed by atoms with E-state index in [0.717, 1.165) is 6.20 Å². The standard InChI is InChI=1S/C22H13F6N3O/c23-21(24,25)14-7-13(8-15(9-14)22(26,27)28)18-10-30-12-31(18)19-11-29-6-5-16(19)17-3-1-2-4-20(17)32/h1-12,32H. The van der Waals surface area contributed by atoms with Crippen molar-refractivity contribution in [3.8, 4) is 33.8 Å². The topological polar surface area (TPSA) is 50.9 Å². The first-order valence-corrected chi connectivity index (χ1v) is 9.10. The Hall–Kier alpha value is -3.82. The average molecular weight is 449 g/mol. The van der Waals surface area contributed by atoms with Crippen molar-refractivity contribution in [1.82, 2.24) is 14.5 Å². The van der Waals surface area contributed by atoms with Crippen molar-refractivity contribution in [1.29, 1.82) is 0 Å². The highest BCUT2D eigenvalue weighted by Gasteiger charge is 2.37. The summed E-state index contributed by atoms with van der Waals surface area (Å²) in [5.74, 6) is -0.0555. The van der Waals surface area contributed by atoms with E-state index >= 15 is 0 Å². The molecular weight excluding hydrogens is 436 g/mol. The zero-order chi connectivity index (χ0) is 23.1. The summed E-state index contributed by atoms with van der Waals surface area (Å²) < 4.78 is 81.1. The van der Waals surface area contributed by atoms with Crippen LogP contribution >= 0.6 is 0 Å². The smallest absolute Gasteiger partial charge is 0.416 e. The van der Waals surface area contributed by atoms with Gasteiger partial charge in [-0.2, -0.15) is 26.3 Å². The first-order valence-electron chi connectivity index (χ1n) is 9.10. The normalized spacial score (nSPS) is 12.2. The number of halogens is 6. The molecule has 2 aromatic heterocycles. The molecule has 164 valence electrons. The van der Waals surface area contributed by atoms with Crippen molar-refractivity contribution >= 4 is 0 Å². The van der Waals surface area contributed by atoms with Crippen molar-refractivity contribution in [2.45, 2.75) is 12.4 Å². The predicted octanol–water partition coefficient (Wildman–Crippen LogP) is 6.34. The number of phenolic OH excluding ortho intramolecular Hbond substituents is 1. The fourth-order valence-corrected chi connectivity index (χ4v) is 3.31. The highest BCUT2D eigenvalue weighted by atomic mass is 19.4. The summed E-state index contributed by atoms with van der Waals surface area (Å²) in [4.78, 5) is 7.94. The van der Waals surface area contributed by atoms with Crippen LogP contribution in [0.2, 0.25) is 0 Å². The molecule has 1 N–H and O–H groups in total. The SMILES string of the molecule is Oc1ccccc1-c1ccncc1-n1cncc1-c1cc(C(F)(F)F)cc(C(F)(F)F)c1. The van der Waals surface area contributed by atoms with Gasteiger partial charge < -0.3 is 5.11 Å². The van der Waals surface area contributed by atoms with Gasteiger partial charge in [-0.1, -0.05) is 18.2 Å². The third-order valence-corrected chi connectivity index (χ3v) is 4.78. The van der Waals surface area contributed by atoms with Crippen LogP contribution in [0.15, 0.2) is 73.4 Å². The van der Waals surface area contributed by atoms with E-state index in [2.05, 4.69) is 9.97 Å². The number of phenols is 1. The molecule has 4 rings (SSSR count). The predicted molar refractivity (Wildman–Crippen MR) is 104 cm³/mol. The minimum Gasteiger partial charge on any atom is -0.507 e. The molecule has 0 saturated carbocycles. The zero-order valence-corrected chi connectivity index (χ0v) is 16.0. The molecule has 4 aromatic rings. The van der Waals surface area contributed by atoms with E-state index in [9.17, 15) is 31.4 Å². The second-order valence-corrected chi connectivity index (χ2v) is 6.85. The Balaban J connectivity index is 1.93. The van der Waals surface area contributed by atoms with Gasteiger partial charge >= 0.3 is 12.4 Å². The molecule has 0 amide bonds. The maximum absolute atomic E-state index is 13.3. The van der Waals surface area contributed by atoms with Gasteiger partial charge in [0.2, 0.25) is 0 Å². The van der Waals surface area contributed by atoms with Crippen LogP contribution in [0.4, 0.5) is 26.3 Å². The fraction of sp³-hybridized carbons (Fsp3) is 0.0909. The molecule has 0 spiro atoms. The first-order chi connectivity index (χ1) is 15.1. The highest BCUT2D eigenvalue weighted by Crippen LogP contribution is 2.40. The van der Waals surface area contributed by atoms with Crippen molar-refractivity contribution < 1.29 is 31.4 Å². The number of para-hydroxylation sites is 1. The van der Waals surface area contributed by atoms with E-state index in [-0.39, 0.29) is 23.1 Å². The molecule has 0 bridgehead atoms. The van der Waals surface area contributed by atoms with Crippen LogP contribution in [-0.4, -0.2) is 19.6 Å². The van der Waals surface area contributed by atoms with Crippen LogP contribution < -0.4 is 0 Å². The number of nitrogens with zero attached hydrogens (tertiary/aromatic N) is 3. The molecule has 2 aromatic carbocycles. The molecule has 0 radical (unpaired) electrons. The third kappa shape index (κ3) is 4.03. The second kappa shape index (κ2) is 7.70. The summed E-state index contributed by atoms with van der Waals surface area (Å²) in [5, 5.41) is 10.2. The van der Waals surface area contributed by atoms with Gasteiger partial charge in [-0.15, -0.1) is 0 Å². The number of benzene rings is 2. The molecule has 2 heterocycles. The molecule has 0 aliphatic rings. The number of pyridine rings is 1. The second-order valence-electron chi connectivity index (χ2n) is 6.85. The summed E-state index contributed by atoms with van der Waals surface area (Å²) in [6, 6.07) is 9.29. The Morgan fingerprint density at radius 2 is 1.41 bits per heavy atom. The minimum atomic E-state index is -4.98. The van der Waals surface area contributed by atoms with E-state index < -0.39 is 23.5 Å². The fourth-order valence-electron chi connectivity index (χ4n) is 3.31. The lowest BCUT2D eigenvalue weighted by Gasteiger charge is -2.17. The Labute approximate surface area is 177 Å². The molecule has 0 fully saturated rings. The number of hydrogen-bond donors (Lipinski definition) is 1. The van der Waals surface area contributed by atoms with Gasteiger partial charge in [0.25, 0.3) is 0 Å². The summed E-state index contributed by atoms with van der Waals surface area (Å²) in [5.41, 5.74) is -2.01. The first kappa shape index (κ1) is 21.4. The molecule has 4 nitrogen and oxygen atoms in total. The summed E-state index contributed by atoms with van der Waals surface area (Å²) in [7, 11) is 0. The van der Waals surface area contributed by atoms with Gasteiger partial charge in [-0.05, 0) is 30.3 Å². The molecule has 0 unspecified atom stereocenters. The van der Waals surface area contributed by atoms with E-state index in [4.69, 9.17) is 0 Å². The number of alkyl halides is 6. The quantitative estimate of drug-likeness (QED) is 0.371. The summed E-state index contributed by atoms with van der Waals surface area (Å²) in [6.45, 7) is 0. The van der Waals surface area contributed by atoms with E-state index in [0.29, 0.717) is 28.9 Å². The largest absolute Gasteiger partial charge is 0.507 e. The number of hydrogen-bond acceptors (Lipinski definition) is 3. The Bertz CT molecular complexity index is 1240. The third-order valence-electron chi connectivity index (χ3n) is 4.78. The van der Waals surface area contributed by atoms with Gasteiger partial charge in [0.15, 0.2) is 0 Å². The number of imidazole rings is 1. The van der Waals surface area contributed by atoms with Gasteiger partial charge in [0, 0.05) is 22.9 Å². The maximum Gasteiger partial charge on any atom is 0.416 e. The van der Waals surface area contributed by atoms with Crippen LogP contribution in [0.25, 0.3) is 28.1 Å². The van der Waals surface area contributed by atoms with Crippen molar-refractivity contribution in [2.24, 2.45) is 0 Å². The van der Waals surface area contributed by atoms with Crippen LogP contribution in [0, 0.1) is 0 Å². The Morgan fingerprint density at radius 3 is 2.03 bits per heavy atom. The Morgan fingerprint density at radius 1 is 0.750 bits per heavy atom. The Kier molecular flexibility index (Phi) is 5.15. The maximum atomic E-state index is 13.3. The van der Waals surface area contributed by atoms with Crippen molar-refractivity contribution in [3.05, 3.63) is 84.6 Å². The average Bonchev–Trinajstić information content (AvgIpc) is 3.22.